The third-order valence-corrected chi connectivity index (χ3v) is 9.09. The van der Waals surface area contributed by atoms with Gasteiger partial charge in [-0.2, -0.15) is 0 Å². The predicted octanol–water partition coefficient (Wildman–Crippen LogP) is 5.07. The van der Waals surface area contributed by atoms with Gasteiger partial charge in [0.2, 0.25) is 0 Å². The molecule has 0 aliphatic rings. The zero-order valence-corrected chi connectivity index (χ0v) is 16.2. The molecule has 0 bridgehead atoms. The first-order valence-electron chi connectivity index (χ1n) is 7.76. The number of para-hydroxylation sites is 1. The van der Waals surface area contributed by atoms with E-state index in [1.807, 2.05) is 28.6 Å². The minimum Gasteiger partial charge on any atom is -0.263 e. The van der Waals surface area contributed by atoms with Crippen molar-refractivity contribution >= 4 is 41.4 Å². The summed E-state index contributed by atoms with van der Waals surface area (Å²) in [6.45, 7) is 11.1. The van der Waals surface area contributed by atoms with Crippen LogP contribution in [-0.2, 0) is 4.57 Å². The van der Waals surface area contributed by atoms with Crippen LogP contribution in [0.25, 0.3) is 10.2 Å². The molecule has 4 nitrogen and oxygen atoms in total. The second-order valence-electron chi connectivity index (χ2n) is 4.94. The fourth-order valence-corrected chi connectivity index (χ4v) is 7.80. The van der Waals surface area contributed by atoms with Gasteiger partial charge >= 0.3 is 7.59 Å². The standard InChI is InChI=1S/C15H24N3OPS2/c1-5-16(6-2)20(19,17(7-3)8-4)18-13-11-9-10-12-14(13)22-15(18)21/h9-12H,5-8H2,1-4H3. The summed E-state index contributed by atoms with van der Waals surface area (Å²) in [6, 6.07) is 8.04. The van der Waals surface area contributed by atoms with Crippen molar-refractivity contribution in [3.05, 3.63) is 28.2 Å². The van der Waals surface area contributed by atoms with Crippen LogP contribution in [0.4, 0.5) is 0 Å². The Balaban J connectivity index is 2.80. The van der Waals surface area contributed by atoms with Gasteiger partial charge < -0.3 is 0 Å². The molecule has 7 heteroatoms. The van der Waals surface area contributed by atoms with Crippen LogP contribution in [0.2, 0.25) is 0 Å². The molecule has 1 heterocycles. The van der Waals surface area contributed by atoms with Gasteiger partial charge in [0.15, 0.2) is 3.95 Å². The SMILES string of the molecule is CCN(CC)P(=O)(N(CC)CC)n1c(=S)sc2ccccc21. The third kappa shape index (κ3) is 2.83. The van der Waals surface area contributed by atoms with Gasteiger partial charge in [0.25, 0.3) is 0 Å². The lowest BCUT2D eigenvalue weighted by molar-refractivity contribution is 0.352. The lowest BCUT2D eigenvalue weighted by Crippen LogP contribution is -2.35. The number of benzene rings is 1. The Morgan fingerprint density at radius 2 is 1.55 bits per heavy atom. The molecule has 0 amide bonds. The molecule has 0 atom stereocenters. The zero-order chi connectivity index (χ0) is 16.3. The van der Waals surface area contributed by atoms with E-state index in [9.17, 15) is 4.57 Å². The molecule has 0 fully saturated rings. The number of hydrogen-bond donors (Lipinski definition) is 0. The Hall–Kier alpha value is -0.520. The van der Waals surface area contributed by atoms with Gasteiger partial charge in [-0.25, -0.2) is 13.7 Å². The summed E-state index contributed by atoms with van der Waals surface area (Å²) in [5, 5.41) is 0. The van der Waals surface area contributed by atoms with E-state index in [4.69, 9.17) is 12.2 Å². The topological polar surface area (TPSA) is 28.5 Å². The minimum absolute atomic E-state index is 0.684. The van der Waals surface area contributed by atoms with Crippen molar-refractivity contribution in [1.82, 2.24) is 13.7 Å². The van der Waals surface area contributed by atoms with Gasteiger partial charge in [-0.15, -0.1) is 11.3 Å². The second-order valence-corrected chi connectivity index (χ2v) is 9.17. The van der Waals surface area contributed by atoms with Gasteiger partial charge in [0.1, 0.15) is 0 Å². The zero-order valence-electron chi connectivity index (χ0n) is 13.7. The summed E-state index contributed by atoms with van der Waals surface area (Å²) in [5.74, 6) is 0. The summed E-state index contributed by atoms with van der Waals surface area (Å²) < 4.78 is 22.0. The largest absolute Gasteiger partial charge is 0.316 e. The number of rotatable bonds is 7. The first-order chi connectivity index (χ1) is 10.5. The van der Waals surface area contributed by atoms with E-state index in [0.717, 1.165) is 36.4 Å². The highest BCUT2D eigenvalue weighted by atomic mass is 32.1. The number of nitrogens with zero attached hydrogens (tertiary/aromatic N) is 3. The van der Waals surface area contributed by atoms with Crippen molar-refractivity contribution in [2.75, 3.05) is 26.2 Å². The van der Waals surface area contributed by atoms with Crippen LogP contribution >= 0.6 is 31.1 Å². The molecule has 22 heavy (non-hydrogen) atoms. The smallest absolute Gasteiger partial charge is 0.263 e. The molecular weight excluding hydrogens is 333 g/mol. The molecule has 0 spiro atoms. The Labute approximate surface area is 141 Å². The molecule has 2 rings (SSSR count). The molecule has 122 valence electrons. The lowest BCUT2D eigenvalue weighted by atomic mass is 10.3. The third-order valence-electron chi connectivity index (χ3n) is 3.92. The van der Waals surface area contributed by atoms with Gasteiger partial charge in [0, 0.05) is 26.2 Å². The van der Waals surface area contributed by atoms with Crippen molar-refractivity contribution in [2.24, 2.45) is 0 Å². The van der Waals surface area contributed by atoms with E-state index >= 15 is 0 Å². The van der Waals surface area contributed by atoms with Crippen molar-refractivity contribution in [3.8, 4) is 0 Å². The first kappa shape index (κ1) is 17.8. The highest BCUT2D eigenvalue weighted by molar-refractivity contribution is 7.74. The van der Waals surface area contributed by atoms with E-state index in [1.165, 1.54) is 11.3 Å². The quantitative estimate of drug-likeness (QED) is 0.511. The van der Waals surface area contributed by atoms with E-state index < -0.39 is 7.59 Å². The summed E-state index contributed by atoms with van der Waals surface area (Å²) in [4.78, 5) is 0. The molecule has 0 aliphatic carbocycles. The van der Waals surface area contributed by atoms with Crippen LogP contribution in [0.1, 0.15) is 27.7 Å². The molecule has 0 N–H and O–H groups in total. The molecule has 0 unspecified atom stereocenters. The van der Waals surface area contributed by atoms with E-state index in [0.29, 0.717) is 3.95 Å². The molecule has 1 aromatic carbocycles. The Morgan fingerprint density at radius 1 is 1.05 bits per heavy atom. The van der Waals surface area contributed by atoms with Gasteiger partial charge in [-0.05, 0) is 24.4 Å². The number of aromatic nitrogens is 1. The molecule has 0 saturated carbocycles. The highest BCUT2D eigenvalue weighted by Crippen LogP contribution is 2.56. The summed E-state index contributed by atoms with van der Waals surface area (Å²) in [6.07, 6.45) is 0. The summed E-state index contributed by atoms with van der Waals surface area (Å²) >= 11 is 7.12. The maximum absolute atomic E-state index is 14.2. The average Bonchev–Trinajstić information content (AvgIpc) is 2.85. The molecule has 2 aromatic rings. The summed E-state index contributed by atoms with van der Waals surface area (Å²) in [5.41, 5.74) is 0.972. The van der Waals surface area contributed by atoms with E-state index in [-0.39, 0.29) is 0 Å². The second kappa shape index (κ2) is 7.37. The fraction of sp³-hybridized carbons (Fsp3) is 0.533. The average molecular weight is 357 g/mol. The molecule has 1 aromatic heterocycles. The monoisotopic (exact) mass is 357 g/mol. The normalized spacial score (nSPS) is 12.6. The van der Waals surface area contributed by atoms with Gasteiger partial charge in [-0.1, -0.05) is 39.8 Å². The first-order valence-corrected chi connectivity index (χ1v) is 10.6. The van der Waals surface area contributed by atoms with Gasteiger partial charge in [-0.3, -0.25) is 4.57 Å². The van der Waals surface area contributed by atoms with Crippen LogP contribution in [0, 0.1) is 3.95 Å². The van der Waals surface area contributed by atoms with Gasteiger partial charge in [0.05, 0.1) is 10.2 Å². The Kier molecular flexibility index (Phi) is 5.97. The van der Waals surface area contributed by atoms with Crippen LogP contribution in [0.15, 0.2) is 24.3 Å². The van der Waals surface area contributed by atoms with E-state index in [1.54, 1.807) is 0 Å². The Bertz CT molecular complexity index is 716. The highest BCUT2D eigenvalue weighted by Gasteiger charge is 2.38. The fourth-order valence-electron chi connectivity index (χ4n) is 2.82. The number of thiazole rings is 1. The Morgan fingerprint density at radius 3 is 2.05 bits per heavy atom. The lowest BCUT2D eigenvalue weighted by Gasteiger charge is -2.38. The van der Waals surface area contributed by atoms with Crippen molar-refractivity contribution in [3.63, 3.8) is 0 Å². The maximum atomic E-state index is 14.2. The van der Waals surface area contributed by atoms with Crippen molar-refractivity contribution in [2.45, 2.75) is 27.7 Å². The molecule has 0 saturated heterocycles. The van der Waals surface area contributed by atoms with Crippen molar-refractivity contribution in [1.29, 1.82) is 0 Å². The maximum Gasteiger partial charge on any atom is 0.316 e. The molecule has 0 aliphatic heterocycles. The van der Waals surface area contributed by atoms with Crippen LogP contribution in [0.3, 0.4) is 0 Å². The van der Waals surface area contributed by atoms with Crippen LogP contribution < -0.4 is 0 Å². The molecule has 0 radical (unpaired) electrons. The van der Waals surface area contributed by atoms with E-state index in [2.05, 4.69) is 37.0 Å². The number of fused-ring (bicyclic) bond motifs is 1. The van der Waals surface area contributed by atoms with Crippen molar-refractivity contribution < 1.29 is 4.57 Å². The van der Waals surface area contributed by atoms with Crippen LogP contribution in [0.5, 0.6) is 0 Å². The summed E-state index contributed by atoms with van der Waals surface area (Å²) in [7, 11) is -2.94. The number of hydrogen-bond acceptors (Lipinski definition) is 3. The minimum atomic E-state index is -2.94. The van der Waals surface area contributed by atoms with Crippen LogP contribution in [-0.4, -0.2) is 39.9 Å². The molecular formula is C15H24N3OPS2. The predicted molar refractivity (Wildman–Crippen MR) is 99.5 cm³/mol.